The molecule has 3 aromatic carbocycles. The fraction of sp³-hybridized carbons (Fsp3) is 0.214. The van der Waals surface area contributed by atoms with Crippen LogP contribution in [0.15, 0.2) is 72.9 Å². The van der Waals surface area contributed by atoms with Crippen molar-refractivity contribution >= 4 is 38.3 Å². The number of aryl methyl sites for hydroxylation is 2. The highest BCUT2D eigenvalue weighted by atomic mass is 32.2. The molecule has 8 heteroatoms. The summed E-state index contributed by atoms with van der Waals surface area (Å²) in [5, 5.41) is 5.16. The highest BCUT2D eigenvalue weighted by molar-refractivity contribution is 7.90. The van der Waals surface area contributed by atoms with Gasteiger partial charge in [0.05, 0.1) is 11.4 Å². The van der Waals surface area contributed by atoms with Gasteiger partial charge in [0.1, 0.15) is 0 Å². The average molecular weight is 501 g/mol. The van der Waals surface area contributed by atoms with Gasteiger partial charge in [-0.15, -0.1) is 0 Å². The van der Waals surface area contributed by atoms with E-state index in [1.165, 1.54) is 8.61 Å². The van der Waals surface area contributed by atoms with Crippen LogP contribution in [0.4, 0.5) is 11.4 Å². The minimum Gasteiger partial charge on any atom is -0.322 e. The van der Waals surface area contributed by atoms with E-state index in [9.17, 15) is 13.2 Å². The first-order chi connectivity index (χ1) is 17.3. The number of amides is 1. The SMILES string of the molecule is Cc1cc(N2CCCN(C)S2(=O)=O)ccc1C(=O)Nc1ccc(C)c(-c2nccc3ccccc23)c1. The minimum atomic E-state index is -3.54. The number of rotatable bonds is 4. The third kappa shape index (κ3) is 4.34. The summed E-state index contributed by atoms with van der Waals surface area (Å²) in [7, 11) is -1.96. The Labute approximate surface area is 211 Å². The molecule has 4 aromatic rings. The Bertz CT molecular complexity index is 1580. The number of nitrogens with one attached hydrogen (secondary N) is 1. The molecule has 0 unspecified atom stereocenters. The van der Waals surface area contributed by atoms with Crippen molar-refractivity contribution in [3.8, 4) is 11.3 Å². The summed E-state index contributed by atoms with van der Waals surface area (Å²) in [5.41, 5.74) is 5.31. The average Bonchev–Trinajstić information content (AvgIpc) is 2.86. The van der Waals surface area contributed by atoms with Crippen molar-refractivity contribution in [2.75, 3.05) is 29.8 Å². The lowest BCUT2D eigenvalue weighted by Gasteiger charge is -2.34. The van der Waals surface area contributed by atoms with Gasteiger partial charge in [0.25, 0.3) is 5.91 Å². The summed E-state index contributed by atoms with van der Waals surface area (Å²) in [6.07, 6.45) is 2.55. The number of aromatic nitrogens is 1. The predicted octanol–water partition coefficient (Wildman–Crippen LogP) is 5.16. The first kappa shape index (κ1) is 24.0. The van der Waals surface area contributed by atoms with Crippen molar-refractivity contribution < 1.29 is 13.2 Å². The molecule has 1 aliphatic rings. The lowest BCUT2D eigenvalue weighted by Crippen LogP contribution is -2.48. The summed E-state index contributed by atoms with van der Waals surface area (Å²) in [4.78, 5) is 17.8. The maximum absolute atomic E-state index is 13.2. The molecule has 1 amide bonds. The van der Waals surface area contributed by atoms with Gasteiger partial charge in [-0.3, -0.25) is 14.1 Å². The molecule has 1 aromatic heterocycles. The monoisotopic (exact) mass is 500 g/mol. The standard InChI is InChI=1S/C28H28N4O3S/c1-19-9-10-22(18-26(19)27-25-8-5-4-7-21(25)13-14-29-27)30-28(33)24-12-11-23(17-20(24)2)32-16-6-15-31(3)36(32,34)35/h4-5,7-14,17-18H,6,15-16H2,1-3H3,(H,30,33). The van der Waals surface area contributed by atoms with Crippen LogP contribution >= 0.6 is 0 Å². The van der Waals surface area contributed by atoms with E-state index in [1.807, 2.05) is 56.3 Å². The molecule has 0 spiro atoms. The van der Waals surface area contributed by atoms with Gasteiger partial charge in [-0.1, -0.05) is 30.3 Å². The summed E-state index contributed by atoms with van der Waals surface area (Å²) >= 11 is 0. The molecule has 0 bridgehead atoms. The molecule has 0 saturated carbocycles. The second kappa shape index (κ2) is 9.37. The second-order valence-corrected chi connectivity index (χ2v) is 11.1. The van der Waals surface area contributed by atoms with E-state index in [-0.39, 0.29) is 5.91 Å². The molecule has 0 atom stereocenters. The van der Waals surface area contributed by atoms with E-state index >= 15 is 0 Å². The van der Waals surface area contributed by atoms with Crippen molar-refractivity contribution in [3.05, 3.63) is 89.6 Å². The minimum absolute atomic E-state index is 0.252. The zero-order valence-electron chi connectivity index (χ0n) is 20.5. The van der Waals surface area contributed by atoms with Crippen molar-refractivity contribution in [1.29, 1.82) is 0 Å². The van der Waals surface area contributed by atoms with Crippen molar-refractivity contribution in [2.45, 2.75) is 20.3 Å². The topological polar surface area (TPSA) is 82.6 Å². The molecule has 2 heterocycles. The van der Waals surface area contributed by atoms with Crippen LogP contribution in [0.3, 0.4) is 0 Å². The molecule has 5 rings (SSSR count). The Balaban J connectivity index is 1.42. The zero-order chi connectivity index (χ0) is 25.4. The molecular weight excluding hydrogens is 472 g/mol. The molecule has 0 radical (unpaired) electrons. The van der Waals surface area contributed by atoms with Crippen LogP contribution in [0.25, 0.3) is 22.0 Å². The number of fused-ring (bicyclic) bond motifs is 1. The zero-order valence-corrected chi connectivity index (χ0v) is 21.3. The number of pyridine rings is 1. The highest BCUT2D eigenvalue weighted by Crippen LogP contribution is 2.31. The van der Waals surface area contributed by atoms with Crippen LogP contribution in [-0.2, 0) is 10.2 Å². The van der Waals surface area contributed by atoms with Gasteiger partial charge < -0.3 is 5.32 Å². The van der Waals surface area contributed by atoms with Gasteiger partial charge >= 0.3 is 10.2 Å². The summed E-state index contributed by atoms with van der Waals surface area (Å²) in [6.45, 7) is 4.77. The van der Waals surface area contributed by atoms with Crippen LogP contribution in [0.1, 0.15) is 27.9 Å². The molecule has 36 heavy (non-hydrogen) atoms. The predicted molar refractivity (Wildman–Crippen MR) is 145 cm³/mol. The van der Waals surface area contributed by atoms with Gasteiger partial charge in [-0.05, 0) is 73.2 Å². The number of benzene rings is 3. The quantitative estimate of drug-likeness (QED) is 0.420. The van der Waals surface area contributed by atoms with Crippen molar-refractivity contribution in [1.82, 2.24) is 9.29 Å². The lowest BCUT2D eigenvalue weighted by atomic mass is 9.99. The van der Waals surface area contributed by atoms with Gasteiger partial charge in [0, 0.05) is 48.5 Å². The fourth-order valence-electron chi connectivity index (χ4n) is 4.64. The highest BCUT2D eigenvalue weighted by Gasteiger charge is 2.31. The van der Waals surface area contributed by atoms with Crippen molar-refractivity contribution in [3.63, 3.8) is 0 Å². The molecule has 7 nitrogen and oxygen atoms in total. The third-order valence-corrected chi connectivity index (χ3v) is 8.59. The van der Waals surface area contributed by atoms with E-state index < -0.39 is 10.2 Å². The number of carbonyl (C=O) groups excluding carboxylic acids is 1. The lowest BCUT2D eigenvalue weighted by molar-refractivity contribution is 0.102. The summed E-state index contributed by atoms with van der Waals surface area (Å²) in [6, 6.07) is 21.0. The molecule has 1 aliphatic heterocycles. The molecular formula is C28H28N4O3S. The number of anilines is 2. The molecule has 184 valence electrons. The molecule has 0 aliphatic carbocycles. The number of carbonyl (C=O) groups is 1. The Morgan fingerprint density at radius 1 is 0.944 bits per heavy atom. The second-order valence-electron chi connectivity index (χ2n) is 9.12. The summed E-state index contributed by atoms with van der Waals surface area (Å²) < 4.78 is 28.2. The van der Waals surface area contributed by atoms with Crippen LogP contribution < -0.4 is 9.62 Å². The van der Waals surface area contributed by atoms with E-state index in [2.05, 4.69) is 16.4 Å². The maximum Gasteiger partial charge on any atom is 0.303 e. The molecule has 1 N–H and O–H groups in total. The maximum atomic E-state index is 13.2. The first-order valence-corrected chi connectivity index (χ1v) is 13.3. The van der Waals surface area contributed by atoms with E-state index in [0.29, 0.717) is 35.6 Å². The number of nitrogens with zero attached hydrogens (tertiary/aromatic N) is 3. The first-order valence-electron chi connectivity index (χ1n) is 11.9. The Kier molecular flexibility index (Phi) is 6.24. The van der Waals surface area contributed by atoms with E-state index in [0.717, 1.165) is 34.0 Å². The van der Waals surface area contributed by atoms with Crippen LogP contribution in [0.5, 0.6) is 0 Å². The Hall–Kier alpha value is -3.75. The van der Waals surface area contributed by atoms with Crippen LogP contribution in [0.2, 0.25) is 0 Å². The third-order valence-electron chi connectivity index (χ3n) is 6.67. The van der Waals surface area contributed by atoms with Gasteiger partial charge in [-0.2, -0.15) is 12.7 Å². The Morgan fingerprint density at radius 2 is 1.75 bits per heavy atom. The van der Waals surface area contributed by atoms with E-state index in [1.54, 1.807) is 31.4 Å². The van der Waals surface area contributed by atoms with Crippen LogP contribution in [0, 0.1) is 13.8 Å². The number of hydrogen-bond acceptors (Lipinski definition) is 4. The Morgan fingerprint density at radius 3 is 2.56 bits per heavy atom. The van der Waals surface area contributed by atoms with Crippen LogP contribution in [-0.4, -0.2) is 43.8 Å². The fourth-order valence-corrected chi connectivity index (χ4v) is 6.08. The molecule has 1 saturated heterocycles. The van der Waals surface area contributed by atoms with E-state index in [4.69, 9.17) is 0 Å². The van der Waals surface area contributed by atoms with Crippen molar-refractivity contribution in [2.24, 2.45) is 0 Å². The molecule has 1 fully saturated rings. The largest absolute Gasteiger partial charge is 0.322 e. The number of hydrogen-bond donors (Lipinski definition) is 1. The van der Waals surface area contributed by atoms with Gasteiger partial charge in [0.15, 0.2) is 0 Å². The van der Waals surface area contributed by atoms with Gasteiger partial charge in [-0.25, -0.2) is 0 Å². The smallest absolute Gasteiger partial charge is 0.303 e. The normalized spacial score (nSPS) is 15.7. The summed E-state index contributed by atoms with van der Waals surface area (Å²) in [5.74, 6) is -0.252. The van der Waals surface area contributed by atoms with Gasteiger partial charge in [0.2, 0.25) is 0 Å².